The molecule has 1 heterocycles. The Bertz CT molecular complexity index is 417. The van der Waals surface area contributed by atoms with E-state index in [1.165, 1.54) is 6.07 Å². The van der Waals surface area contributed by atoms with Crippen LogP contribution in [-0.4, -0.2) is 12.5 Å². The van der Waals surface area contributed by atoms with E-state index in [1.807, 2.05) is 0 Å². The Morgan fingerprint density at radius 3 is 2.81 bits per heavy atom. The van der Waals surface area contributed by atoms with Gasteiger partial charge in [0.15, 0.2) is 12.5 Å². The van der Waals surface area contributed by atoms with Gasteiger partial charge in [-0.25, -0.2) is 0 Å². The van der Waals surface area contributed by atoms with Gasteiger partial charge in [0.25, 0.3) is 0 Å². The Balaban J connectivity index is 2.31. The summed E-state index contributed by atoms with van der Waals surface area (Å²) < 4.78 is 42.1. The Morgan fingerprint density at radius 1 is 1.44 bits per heavy atom. The summed E-state index contributed by atoms with van der Waals surface area (Å²) >= 11 is 0. The lowest BCUT2D eigenvalue weighted by molar-refractivity contribution is -0.137. The molecule has 0 aliphatic carbocycles. The van der Waals surface area contributed by atoms with Crippen molar-refractivity contribution in [2.24, 2.45) is 0 Å². The third-order valence-electron chi connectivity index (χ3n) is 2.27. The first-order valence-corrected chi connectivity index (χ1v) is 4.54. The summed E-state index contributed by atoms with van der Waals surface area (Å²) in [7, 11) is 0. The third kappa shape index (κ3) is 2.01. The summed E-state index contributed by atoms with van der Waals surface area (Å²) in [6.45, 7) is -0.00431. The molecular formula is C10H8F3NO2. The van der Waals surface area contributed by atoms with Gasteiger partial charge in [0, 0.05) is 11.3 Å². The van der Waals surface area contributed by atoms with Crippen LogP contribution >= 0.6 is 0 Å². The average Bonchev–Trinajstić information content (AvgIpc) is 2.26. The second-order valence-electron chi connectivity index (χ2n) is 3.38. The second-order valence-corrected chi connectivity index (χ2v) is 3.38. The van der Waals surface area contributed by atoms with Crippen LogP contribution in [0, 0.1) is 0 Å². The van der Waals surface area contributed by atoms with Gasteiger partial charge in [-0.15, -0.1) is 0 Å². The van der Waals surface area contributed by atoms with Crippen molar-refractivity contribution in [1.29, 1.82) is 0 Å². The van der Waals surface area contributed by atoms with Crippen molar-refractivity contribution in [3.8, 4) is 0 Å². The van der Waals surface area contributed by atoms with E-state index in [4.69, 9.17) is 4.74 Å². The topological polar surface area (TPSA) is 38.3 Å². The maximum atomic E-state index is 12.4. The second kappa shape index (κ2) is 3.79. The summed E-state index contributed by atoms with van der Waals surface area (Å²) in [6, 6.07) is 3.29. The minimum Gasteiger partial charge on any atom is -0.354 e. The molecule has 1 aliphatic rings. The highest BCUT2D eigenvalue weighted by molar-refractivity contribution is 5.65. The van der Waals surface area contributed by atoms with Crippen LogP contribution in [-0.2, 0) is 22.3 Å². The zero-order chi connectivity index (χ0) is 11.8. The van der Waals surface area contributed by atoms with Crippen molar-refractivity contribution in [2.45, 2.75) is 19.0 Å². The number of anilines is 1. The number of aldehydes is 1. The van der Waals surface area contributed by atoms with Crippen molar-refractivity contribution >= 4 is 12.0 Å². The molecule has 86 valence electrons. The molecule has 0 bridgehead atoms. The smallest absolute Gasteiger partial charge is 0.354 e. The van der Waals surface area contributed by atoms with Crippen molar-refractivity contribution in [3.05, 3.63) is 29.3 Å². The number of hydrogen-bond acceptors (Lipinski definition) is 3. The van der Waals surface area contributed by atoms with Crippen molar-refractivity contribution in [1.82, 2.24) is 0 Å². The van der Waals surface area contributed by atoms with Crippen LogP contribution in [0.3, 0.4) is 0 Å². The minimum absolute atomic E-state index is 0.00431. The fourth-order valence-corrected chi connectivity index (χ4v) is 1.48. The zero-order valence-electron chi connectivity index (χ0n) is 8.04. The molecule has 0 saturated heterocycles. The van der Waals surface area contributed by atoms with Gasteiger partial charge in [-0.3, -0.25) is 4.79 Å². The molecule has 2 rings (SSSR count). The van der Waals surface area contributed by atoms with Crippen LogP contribution in [0.25, 0.3) is 0 Å². The Labute approximate surface area is 89.2 Å². The molecule has 1 aliphatic heterocycles. The Kier molecular flexibility index (Phi) is 2.59. The molecular weight excluding hydrogens is 223 g/mol. The SMILES string of the molecule is O=CC1Nc2ccc(C(F)(F)F)cc2CO1. The van der Waals surface area contributed by atoms with Gasteiger partial charge in [-0.05, 0) is 18.2 Å². The van der Waals surface area contributed by atoms with E-state index in [9.17, 15) is 18.0 Å². The molecule has 16 heavy (non-hydrogen) atoms. The first-order chi connectivity index (χ1) is 7.50. The lowest BCUT2D eigenvalue weighted by Crippen LogP contribution is -2.29. The van der Waals surface area contributed by atoms with Crippen molar-refractivity contribution in [3.63, 3.8) is 0 Å². The first-order valence-electron chi connectivity index (χ1n) is 4.54. The number of hydrogen-bond donors (Lipinski definition) is 1. The lowest BCUT2D eigenvalue weighted by Gasteiger charge is -2.24. The number of nitrogens with one attached hydrogen (secondary N) is 1. The largest absolute Gasteiger partial charge is 0.416 e. The molecule has 0 saturated carbocycles. The molecule has 0 spiro atoms. The third-order valence-corrected chi connectivity index (χ3v) is 2.27. The molecule has 0 radical (unpaired) electrons. The van der Waals surface area contributed by atoms with Gasteiger partial charge in [0.1, 0.15) is 0 Å². The Hall–Kier alpha value is -1.56. The summed E-state index contributed by atoms with van der Waals surface area (Å²) in [5.41, 5.74) is 0.172. The van der Waals surface area contributed by atoms with Gasteiger partial charge in [0.2, 0.25) is 0 Å². The summed E-state index contributed by atoms with van der Waals surface area (Å²) in [4.78, 5) is 10.4. The monoisotopic (exact) mass is 231 g/mol. The highest BCUT2D eigenvalue weighted by Crippen LogP contribution is 2.33. The molecule has 0 aromatic heterocycles. The maximum absolute atomic E-state index is 12.4. The van der Waals surface area contributed by atoms with E-state index in [-0.39, 0.29) is 6.61 Å². The highest BCUT2D eigenvalue weighted by Gasteiger charge is 2.31. The molecule has 1 atom stereocenters. The Morgan fingerprint density at radius 2 is 2.19 bits per heavy atom. The molecule has 1 unspecified atom stereocenters. The molecule has 1 N–H and O–H groups in total. The minimum atomic E-state index is -4.36. The van der Waals surface area contributed by atoms with Gasteiger partial charge in [-0.1, -0.05) is 0 Å². The fraction of sp³-hybridized carbons (Fsp3) is 0.300. The number of carbonyl (C=O) groups is 1. The number of carbonyl (C=O) groups excluding carboxylic acids is 1. The van der Waals surface area contributed by atoms with Crippen LogP contribution in [0.15, 0.2) is 18.2 Å². The van der Waals surface area contributed by atoms with Gasteiger partial charge < -0.3 is 10.1 Å². The first kappa shape index (κ1) is 10.9. The van der Waals surface area contributed by atoms with E-state index in [1.54, 1.807) is 0 Å². The quantitative estimate of drug-likeness (QED) is 0.753. The predicted octanol–water partition coefficient (Wildman–Crippen LogP) is 2.17. The number of fused-ring (bicyclic) bond motifs is 1. The number of ether oxygens (including phenoxy) is 1. The predicted molar refractivity (Wildman–Crippen MR) is 49.7 cm³/mol. The highest BCUT2D eigenvalue weighted by atomic mass is 19.4. The lowest BCUT2D eigenvalue weighted by atomic mass is 10.1. The van der Waals surface area contributed by atoms with Crippen molar-refractivity contribution < 1.29 is 22.7 Å². The van der Waals surface area contributed by atoms with Crippen molar-refractivity contribution in [2.75, 3.05) is 5.32 Å². The maximum Gasteiger partial charge on any atom is 0.416 e. The summed E-state index contributed by atoms with van der Waals surface area (Å²) in [6.07, 6.45) is -4.60. The molecule has 3 nitrogen and oxygen atoms in total. The van der Waals surface area contributed by atoms with E-state index in [2.05, 4.69) is 5.32 Å². The molecule has 1 aromatic carbocycles. The molecule has 0 amide bonds. The fourth-order valence-electron chi connectivity index (χ4n) is 1.48. The van der Waals surface area contributed by atoms with E-state index < -0.39 is 18.0 Å². The number of alkyl halides is 3. The molecule has 0 fully saturated rings. The molecule has 1 aromatic rings. The normalized spacial score (nSPS) is 19.8. The van der Waals surface area contributed by atoms with Crippen LogP contribution in [0.4, 0.5) is 18.9 Å². The van der Waals surface area contributed by atoms with E-state index in [0.717, 1.165) is 12.1 Å². The average molecular weight is 231 g/mol. The standard InChI is InChI=1S/C10H8F3NO2/c11-10(12,13)7-1-2-8-6(3-7)5-16-9(4-15)14-8/h1-4,9,14H,5H2. The van der Waals surface area contributed by atoms with Crippen LogP contribution in [0.2, 0.25) is 0 Å². The van der Waals surface area contributed by atoms with Gasteiger partial charge >= 0.3 is 6.18 Å². The van der Waals surface area contributed by atoms with E-state index in [0.29, 0.717) is 17.5 Å². The van der Waals surface area contributed by atoms with Gasteiger partial charge in [-0.2, -0.15) is 13.2 Å². The zero-order valence-corrected chi connectivity index (χ0v) is 8.04. The van der Waals surface area contributed by atoms with Crippen LogP contribution in [0.1, 0.15) is 11.1 Å². The molecule has 6 heteroatoms. The van der Waals surface area contributed by atoms with Crippen LogP contribution < -0.4 is 5.32 Å². The number of rotatable bonds is 1. The van der Waals surface area contributed by atoms with Crippen LogP contribution in [0.5, 0.6) is 0 Å². The number of benzene rings is 1. The van der Waals surface area contributed by atoms with Gasteiger partial charge in [0.05, 0.1) is 12.2 Å². The summed E-state index contributed by atoms with van der Waals surface area (Å²) in [5, 5.41) is 2.67. The summed E-state index contributed by atoms with van der Waals surface area (Å²) in [5.74, 6) is 0. The van der Waals surface area contributed by atoms with E-state index >= 15 is 0 Å². The number of halogens is 3.